The number of hydrazone groups is 1. The van der Waals surface area contributed by atoms with Crippen LogP contribution >= 0.6 is 0 Å². The van der Waals surface area contributed by atoms with Gasteiger partial charge in [-0.15, -0.1) is 0 Å². The maximum atomic E-state index is 14.0. The Kier molecular flexibility index (Phi) is 5.52. The number of rotatable bonds is 5. The van der Waals surface area contributed by atoms with Gasteiger partial charge in [0.2, 0.25) is 0 Å². The van der Waals surface area contributed by atoms with Crippen LogP contribution in [0.25, 0.3) is 5.82 Å². The van der Waals surface area contributed by atoms with Crippen molar-refractivity contribution in [2.24, 2.45) is 10.5 Å². The number of aromatic nitrogens is 3. The van der Waals surface area contributed by atoms with Gasteiger partial charge in [0, 0.05) is 7.05 Å². The molecule has 33 heavy (non-hydrogen) atoms. The Morgan fingerprint density at radius 1 is 1.21 bits per heavy atom. The lowest BCUT2D eigenvalue weighted by Gasteiger charge is -2.16. The van der Waals surface area contributed by atoms with E-state index in [1.165, 1.54) is 34.1 Å². The number of halogens is 2. The van der Waals surface area contributed by atoms with Gasteiger partial charge in [0.1, 0.15) is 23.9 Å². The molecule has 170 valence electrons. The standard InChI is InChI=1S/C23H22F2N6O2/c1-13-6-5-7-16(25)19(13)21(32)27-14-8-9-18(26-12-14)31-15(11-24)10-17(28-31)20-23(2,3)22(33)30(4)29-20/h5-10,12H,11H2,1-4H3,(H,27,32). The maximum absolute atomic E-state index is 14.0. The molecule has 0 fully saturated rings. The minimum absolute atomic E-state index is 0.0440. The molecule has 3 aromatic rings. The summed E-state index contributed by atoms with van der Waals surface area (Å²) in [4.78, 5) is 29.1. The molecule has 2 amide bonds. The Morgan fingerprint density at radius 3 is 2.55 bits per heavy atom. The van der Waals surface area contributed by atoms with Crippen molar-refractivity contribution in [2.75, 3.05) is 12.4 Å². The Labute approximate surface area is 188 Å². The van der Waals surface area contributed by atoms with E-state index in [1.807, 2.05) is 0 Å². The number of nitrogens with one attached hydrogen (secondary N) is 1. The van der Waals surface area contributed by atoms with Gasteiger partial charge in [0.15, 0.2) is 5.82 Å². The van der Waals surface area contributed by atoms with Crippen LogP contribution in [0.15, 0.2) is 47.7 Å². The topological polar surface area (TPSA) is 92.5 Å². The molecule has 3 heterocycles. The van der Waals surface area contributed by atoms with Gasteiger partial charge in [-0.2, -0.15) is 10.2 Å². The van der Waals surface area contributed by atoms with E-state index in [4.69, 9.17) is 0 Å². The molecule has 1 aliphatic rings. The molecular formula is C23H22F2N6O2. The van der Waals surface area contributed by atoms with E-state index < -0.39 is 23.8 Å². The molecule has 0 radical (unpaired) electrons. The highest BCUT2D eigenvalue weighted by Gasteiger charge is 2.43. The van der Waals surface area contributed by atoms with Crippen molar-refractivity contribution >= 4 is 23.2 Å². The number of hydrogen-bond acceptors (Lipinski definition) is 5. The smallest absolute Gasteiger partial charge is 0.258 e. The summed E-state index contributed by atoms with van der Waals surface area (Å²) in [7, 11) is 1.56. The molecule has 10 heteroatoms. The number of hydrogen-bond donors (Lipinski definition) is 1. The lowest BCUT2D eigenvalue weighted by molar-refractivity contribution is -0.133. The average molecular weight is 452 g/mol. The fourth-order valence-electron chi connectivity index (χ4n) is 3.73. The van der Waals surface area contributed by atoms with Crippen molar-refractivity contribution in [3.05, 3.63) is 70.9 Å². The maximum Gasteiger partial charge on any atom is 0.258 e. The molecule has 0 bridgehead atoms. The van der Waals surface area contributed by atoms with Crippen LogP contribution in [-0.2, 0) is 11.5 Å². The SMILES string of the molecule is Cc1cccc(F)c1C(=O)Nc1ccc(-n2nc(C3=NN(C)C(=O)C3(C)C)cc2CF)nc1. The zero-order chi connectivity index (χ0) is 23.9. The van der Waals surface area contributed by atoms with E-state index in [0.29, 0.717) is 28.5 Å². The number of nitrogens with zero attached hydrogens (tertiary/aromatic N) is 5. The summed E-state index contributed by atoms with van der Waals surface area (Å²) in [6.45, 7) is 4.31. The first-order valence-corrected chi connectivity index (χ1v) is 10.2. The van der Waals surface area contributed by atoms with Crippen LogP contribution in [0, 0.1) is 18.2 Å². The lowest BCUT2D eigenvalue weighted by atomic mass is 9.85. The first-order chi connectivity index (χ1) is 15.6. The highest BCUT2D eigenvalue weighted by atomic mass is 19.1. The summed E-state index contributed by atoms with van der Waals surface area (Å²) in [6, 6.07) is 9.05. The van der Waals surface area contributed by atoms with Crippen LogP contribution in [-0.4, -0.2) is 44.3 Å². The molecule has 0 saturated carbocycles. The van der Waals surface area contributed by atoms with Gasteiger partial charge in [-0.1, -0.05) is 12.1 Å². The van der Waals surface area contributed by atoms with Crippen LogP contribution < -0.4 is 5.32 Å². The zero-order valence-corrected chi connectivity index (χ0v) is 18.6. The van der Waals surface area contributed by atoms with Gasteiger partial charge in [-0.05, 0) is 50.6 Å². The highest BCUT2D eigenvalue weighted by molar-refractivity contribution is 6.18. The third-order valence-electron chi connectivity index (χ3n) is 5.50. The second-order valence-corrected chi connectivity index (χ2v) is 8.26. The summed E-state index contributed by atoms with van der Waals surface area (Å²) in [5.41, 5.74) is 0.958. The summed E-state index contributed by atoms with van der Waals surface area (Å²) in [5, 5.41) is 12.6. The first-order valence-electron chi connectivity index (χ1n) is 10.2. The third kappa shape index (κ3) is 3.88. The van der Waals surface area contributed by atoms with Crippen molar-refractivity contribution in [2.45, 2.75) is 27.4 Å². The summed E-state index contributed by atoms with van der Waals surface area (Å²) in [5.74, 6) is -1.08. The predicted octanol–water partition coefficient (Wildman–Crippen LogP) is 3.64. The van der Waals surface area contributed by atoms with Gasteiger partial charge >= 0.3 is 0 Å². The molecule has 8 nitrogen and oxygen atoms in total. The van der Waals surface area contributed by atoms with E-state index in [2.05, 4.69) is 20.5 Å². The van der Waals surface area contributed by atoms with E-state index in [9.17, 15) is 18.4 Å². The first kappa shape index (κ1) is 22.3. The van der Waals surface area contributed by atoms with Crippen LogP contribution in [0.1, 0.15) is 41.2 Å². The second-order valence-electron chi connectivity index (χ2n) is 8.26. The molecule has 0 spiro atoms. The Hall–Kier alpha value is -3.95. The van der Waals surface area contributed by atoms with Gasteiger partial charge in [-0.25, -0.2) is 23.5 Å². The van der Waals surface area contributed by atoms with Crippen LogP contribution in [0.3, 0.4) is 0 Å². The number of anilines is 1. The van der Waals surface area contributed by atoms with Gasteiger partial charge in [0.25, 0.3) is 11.8 Å². The second kappa shape index (κ2) is 8.19. The molecular weight excluding hydrogens is 430 g/mol. The average Bonchev–Trinajstić information content (AvgIpc) is 3.28. The molecule has 0 atom stereocenters. The molecule has 1 aliphatic heterocycles. The third-order valence-corrected chi connectivity index (χ3v) is 5.50. The highest BCUT2D eigenvalue weighted by Crippen LogP contribution is 2.31. The monoisotopic (exact) mass is 452 g/mol. The lowest BCUT2D eigenvalue weighted by Crippen LogP contribution is -2.33. The largest absolute Gasteiger partial charge is 0.320 e. The van der Waals surface area contributed by atoms with Crippen molar-refractivity contribution in [3.63, 3.8) is 0 Å². The van der Waals surface area contributed by atoms with E-state index in [-0.39, 0.29) is 17.2 Å². The number of carbonyl (C=O) groups excluding carboxylic acids is 2. The fourth-order valence-corrected chi connectivity index (χ4v) is 3.73. The molecule has 0 saturated heterocycles. The number of benzene rings is 1. The Bertz CT molecular complexity index is 1260. The van der Waals surface area contributed by atoms with Gasteiger partial charge in [0.05, 0.1) is 28.6 Å². The van der Waals surface area contributed by atoms with E-state index in [0.717, 1.165) is 0 Å². The number of carbonyl (C=O) groups is 2. The summed E-state index contributed by atoms with van der Waals surface area (Å²) in [6.07, 6.45) is 1.38. The molecule has 0 unspecified atom stereocenters. The molecule has 2 aromatic heterocycles. The minimum Gasteiger partial charge on any atom is -0.320 e. The van der Waals surface area contributed by atoms with Gasteiger partial charge in [-0.3, -0.25) is 9.59 Å². The van der Waals surface area contributed by atoms with Crippen molar-refractivity contribution < 1.29 is 18.4 Å². The predicted molar refractivity (Wildman–Crippen MR) is 118 cm³/mol. The normalized spacial score (nSPS) is 15.0. The molecule has 1 aromatic carbocycles. The van der Waals surface area contributed by atoms with E-state index >= 15 is 0 Å². The van der Waals surface area contributed by atoms with Crippen LogP contribution in [0.2, 0.25) is 0 Å². The summed E-state index contributed by atoms with van der Waals surface area (Å²) >= 11 is 0. The number of aryl methyl sites for hydroxylation is 1. The Balaban J connectivity index is 1.60. The number of pyridine rings is 1. The van der Waals surface area contributed by atoms with Gasteiger partial charge < -0.3 is 5.32 Å². The minimum atomic E-state index is -0.895. The zero-order valence-electron chi connectivity index (χ0n) is 18.6. The van der Waals surface area contributed by atoms with Crippen LogP contribution in [0.5, 0.6) is 0 Å². The van der Waals surface area contributed by atoms with Crippen molar-refractivity contribution in [1.29, 1.82) is 0 Å². The van der Waals surface area contributed by atoms with E-state index in [1.54, 1.807) is 46.0 Å². The number of amides is 2. The van der Waals surface area contributed by atoms with Crippen LogP contribution in [0.4, 0.5) is 14.5 Å². The molecule has 4 rings (SSSR count). The van der Waals surface area contributed by atoms with Crippen molar-refractivity contribution in [3.8, 4) is 5.82 Å². The molecule has 0 aliphatic carbocycles. The number of alkyl halides is 1. The summed E-state index contributed by atoms with van der Waals surface area (Å²) < 4.78 is 29.1. The quantitative estimate of drug-likeness (QED) is 0.640. The fraction of sp³-hybridized carbons (Fsp3) is 0.261. The molecule has 1 N–H and O–H groups in total. The Morgan fingerprint density at radius 2 is 1.97 bits per heavy atom. The van der Waals surface area contributed by atoms with Crippen molar-refractivity contribution in [1.82, 2.24) is 19.8 Å².